The number of para-hydroxylation sites is 1. The van der Waals surface area contributed by atoms with Gasteiger partial charge in [0.05, 0.1) is 10.4 Å². The molecule has 0 saturated carbocycles. The van der Waals surface area contributed by atoms with Gasteiger partial charge in [-0.2, -0.15) is 0 Å². The summed E-state index contributed by atoms with van der Waals surface area (Å²) < 4.78 is 3.46. The maximum Gasteiger partial charge on any atom is 0.267 e. The van der Waals surface area contributed by atoms with Gasteiger partial charge in [0, 0.05) is 19.0 Å². The zero-order valence-corrected chi connectivity index (χ0v) is 14.8. The van der Waals surface area contributed by atoms with Gasteiger partial charge in [-0.3, -0.25) is 14.2 Å². The molecule has 0 bridgehead atoms. The number of thiophene rings is 1. The first-order valence-electron chi connectivity index (χ1n) is 8.19. The highest BCUT2D eigenvalue weighted by molar-refractivity contribution is 7.13. The van der Waals surface area contributed by atoms with E-state index in [1.807, 2.05) is 54.3 Å². The molecular weight excluding hydrogens is 334 g/mol. The summed E-state index contributed by atoms with van der Waals surface area (Å²) in [6.07, 6.45) is 0.791. The molecule has 0 N–H and O–H groups in total. The second kappa shape index (κ2) is 5.97. The van der Waals surface area contributed by atoms with Crippen molar-refractivity contribution in [2.75, 3.05) is 0 Å². The molecule has 0 spiro atoms. The van der Waals surface area contributed by atoms with Crippen molar-refractivity contribution in [3.63, 3.8) is 0 Å². The average molecular weight is 351 g/mol. The van der Waals surface area contributed by atoms with Gasteiger partial charge in [-0.25, -0.2) is 4.98 Å². The molecule has 4 rings (SSSR count). The molecule has 126 valence electrons. The molecule has 1 aromatic carbocycles. The summed E-state index contributed by atoms with van der Waals surface area (Å²) in [5, 5.41) is 2.67. The third-order valence-corrected chi connectivity index (χ3v) is 5.26. The van der Waals surface area contributed by atoms with Gasteiger partial charge in [-0.15, -0.1) is 11.3 Å². The molecule has 0 amide bonds. The minimum Gasteiger partial charge on any atom is -0.328 e. The zero-order valence-electron chi connectivity index (χ0n) is 14.0. The van der Waals surface area contributed by atoms with E-state index in [9.17, 15) is 9.59 Å². The molecule has 0 aliphatic heterocycles. The van der Waals surface area contributed by atoms with Crippen LogP contribution in [0.25, 0.3) is 32.6 Å². The summed E-state index contributed by atoms with van der Waals surface area (Å²) in [4.78, 5) is 31.8. The van der Waals surface area contributed by atoms with Crippen molar-refractivity contribution in [3.8, 4) is 10.7 Å². The van der Waals surface area contributed by atoms with Crippen LogP contribution in [0, 0.1) is 0 Å². The molecule has 5 nitrogen and oxygen atoms in total. The Labute approximate surface area is 147 Å². The maximum atomic E-state index is 13.2. The molecule has 6 heteroatoms. The summed E-state index contributed by atoms with van der Waals surface area (Å²) in [5.74, 6) is 0.625. The van der Waals surface area contributed by atoms with Crippen LogP contribution < -0.4 is 11.0 Å². The monoisotopic (exact) mass is 351 g/mol. The van der Waals surface area contributed by atoms with Crippen molar-refractivity contribution >= 4 is 33.3 Å². The normalized spacial score (nSPS) is 11.4. The van der Waals surface area contributed by atoms with Crippen LogP contribution in [0.2, 0.25) is 0 Å². The molecule has 3 heterocycles. The number of aromatic nitrogens is 3. The number of rotatable bonds is 3. The van der Waals surface area contributed by atoms with E-state index in [1.54, 1.807) is 10.6 Å². The number of pyridine rings is 1. The van der Waals surface area contributed by atoms with Gasteiger partial charge >= 0.3 is 0 Å². The predicted molar refractivity (Wildman–Crippen MR) is 102 cm³/mol. The molecule has 25 heavy (non-hydrogen) atoms. The Balaban J connectivity index is 2.24. The summed E-state index contributed by atoms with van der Waals surface area (Å²) in [6.45, 7) is 2.54. The van der Waals surface area contributed by atoms with E-state index in [0.29, 0.717) is 23.4 Å². The average Bonchev–Trinajstić information content (AvgIpc) is 3.16. The van der Waals surface area contributed by atoms with Crippen molar-refractivity contribution in [2.24, 2.45) is 7.05 Å². The lowest BCUT2D eigenvalue weighted by atomic mass is 10.1. The number of hydrogen-bond donors (Lipinski definition) is 0. The van der Waals surface area contributed by atoms with E-state index in [4.69, 9.17) is 4.98 Å². The SMILES string of the molecule is CCCn1c(-c2cccs2)nc2c(c(=O)c3ccccc3n2C)c1=O. The Hall–Kier alpha value is -2.73. The Kier molecular flexibility index (Phi) is 3.77. The molecule has 0 aliphatic rings. The van der Waals surface area contributed by atoms with Gasteiger partial charge in [-0.05, 0) is 30.0 Å². The zero-order chi connectivity index (χ0) is 17.6. The molecule has 0 fully saturated rings. The molecule has 4 aromatic rings. The van der Waals surface area contributed by atoms with Crippen LogP contribution in [-0.2, 0) is 13.6 Å². The van der Waals surface area contributed by atoms with Gasteiger partial charge < -0.3 is 4.57 Å². The minimum atomic E-state index is -0.262. The van der Waals surface area contributed by atoms with E-state index in [1.165, 1.54) is 11.3 Å². The molecule has 0 aliphatic carbocycles. The van der Waals surface area contributed by atoms with Gasteiger partial charge in [0.1, 0.15) is 5.39 Å². The Bertz CT molecular complexity index is 1200. The van der Waals surface area contributed by atoms with E-state index < -0.39 is 0 Å². The fraction of sp³-hybridized carbons (Fsp3) is 0.211. The van der Waals surface area contributed by atoms with Crippen molar-refractivity contribution in [3.05, 3.63) is 62.4 Å². The summed E-state index contributed by atoms with van der Waals surface area (Å²) in [5.41, 5.74) is 0.701. The number of hydrogen-bond acceptors (Lipinski definition) is 4. The first-order chi connectivity index (χ1) is 12.1. The van der Waals surface area contributed by atoms with Crippen molar-refractivity contribution in [1.29, 1.82) is 0 Å². The van der Waals surface area contributed by atoms with Crippen LogP contribution in [-0.4, -0.2) is 14.1 Å². The minimum absolute atomic E-state index is 0.162. The molecule has 0 radical (unpaired) electrons. The van der Waals surface area contributed by atoms with Crippen molar-refractivity contribution in [2.45, 2.75) is 19.9 Å². The van der Waals surface area contributed by atoms with E-state index in [-0.39, 0.29) is 16.4 Å². The summed E-state index contributed by atoms with van der Waals surface area (Å²) >= 11 is 1.54. The lowest BCUT2D eigenvalue weighted by molar-refractivity contribution is 0.655. The van der Waals surface area contributed by atoms with E-state index in [2.05, 4.69) is 0 Å². The fourth-order valence-corrected chi connectivity index (χ4v) is 3.94. The summed E-state index contributed by atoms with van der Waals surface area (Å²) in [6, 6.07) is 11.2. The predicted octanol–water partition coefficient (Wildman–Crippen LogP) is 3.39. The highest BCUT2D eigenvalue weighted by Crippen LogP contribution is 2.24. The van der Waals surface area contributed by atoms with Gasteiger partial charge in [0.2, 0.25) is 5.43 Å². The van der Waals surface area contributed by atoms with Crippen LogP contribution in [0.1, 0.15) is 13.3 Å². The molecule has 0 atom stereocenters. The van der Waals surface area contributed by atoms with Crippen molar-refractivity contribution in [1.82, 2.24) is 14.1 Å². The topological polar surface area (TPSA) is 56.9 Å². The van der Waals surface area contributed by atoms with Crippen LogP contribution in [0.15, 0.2) is 51.4 Å². The van der Waals surface area contributed by atoms with Crippen LogP contribution >= 0.6 is 11.3 Å². The summed E-state index contributed by atoms with van der Waals surface area (Å²) in [7, 11) is 1.85. The quantitative estimate of drug-likeness (QED) is 0.532. The highest BCUT2D eigenvalue weighted by Gasteiger charge is 2.18. The second-order valence-electron chi connectivity index (χ2n) is 5.97. The Morgan fingerprint density at radius 1 is 1.12 bits per heavy atom. The maximum absolute atomic E-state index is 13.2. The van der Waals surface area contributed by atoms with Crippen LogP contribution in [0.3, 0.4) is 0 Å². The van der Waals surface area contributed by atoms with E-state index in [0.717, 1.165) is 16.8 Å². The Morgan fingerprint density at radius 2 is 1.92 bits per heavy atom. The van der Waals surface area contributed by atoms with Gasteiger partial charge in [-0.1, -0.05) is 25.1 Å². The fourth-order valence-electron chi connectivity index (χ4n) is 3.22. The molecule has 3 aromatic heterocycles. The molecular formula is C19H17N3O2S. The van der Waals surface area contributed by atoms with Crippen LogP contribution in [0.5, 0.6) is 0 Å². The van der Waals surface area contributed by atoms with Crippen molar-refractivity contribution < 1.29 is 0 Å². The standard InChI is InChI=1S/C19H17N3O2S/c1-3-10-22-17(14-9-6-11-25-14)20-18-15(19(22)24)16(23)12-7-4-5-8-13(12)21(18)2/h4-9,11H,3,10H2,1-2H3. The molecule has 0 unspecified atom stereocenters. The first kappa shape index (κ1) is 15.8. The lowest BCUT2D eigenvalue weighted by Crippen LogP contribution is -2.29. The Morgan fingerprint density at radius 3 is 2.64 bits per heavy atom. The van der Waals surface area contributed by atoms with Crippen LogP contribution in [0.4, 0.5) is 0 Å². The number of fused-ring (bicyclic) bond motifs is 2. The van der Waals surface area contributed by atoms with Gasteiger partial charge in [0.25, 0.3) is 5.56 Å². The number of aryl methyl sites for hydroxylation is 1. The third-order valence-electron chi connectivity index (χ3n) is 4.39. The van der Waals surface area contributed by atoms with Gasteiger partial charge in [0.15, 0.2) is 11.5 Å². The lowest BCUT2D eigenvalue weighted by Gasteiger charge is -2.14. The number of benzene rings is 1. The first-order valence-corrected chi connectivity index (χ1v) is 9.07. The molecule has 0 saturated heterocycles. The van der Waals surface area contributed by atoms with E-state index >= 15 is 0 Å². The second-order valence-corrected chi connectivity index (χ2v) is 6.92. The smallest absolute Gasteiger partial charge is 0.267 e. The number of nitrogens with zero attached hydrogens (tertiary/aromatic N) is 3. The third kappa shape index (κ3) is 2.33. The largest absolute Gasteiger partial charge is 0.328 e. The highest BCUT2D eigenvalue weighted by atomic mass is 32.1.